The molecule has 1 aromatic heterocycles. The van der Waals surface area contributed by atoms with E-state index in [1.165, 1.54) is 6.07 Å². The number of phenols is 1. The number of hydrogen-bond donors (Lipinski definition) is 1. The summed E-state index contributed by atoms with van der Waals surface area (Å²) in [6.45, 7) is 0. The Morgan fingerprint density at radius 1 is 1.00 bits per heavy atom. The van der Waals surface area contributed by atoms with E-state index >= 15 is 0 Å². The number of rotatable bonds is 1. The Labute approximate surface area is 96.3 Å². The van der Waals surface area contributed by atoms with Crippen LogP contribution in [0.1, 0.15) is 0 Å². The molecular formula is C10H6Cl2N2O. The molecule has 0 radical (unpaired) electrons. The van der Waals surface area contributed by atoms with E-state index in [9.17, 15) is 5.11 Å². The smallest absolute Gasteiger partial charge is 0.162 e. The number of benzene rings is 1. The summed E-state index contributed by atoms with van der Waals surface area (Å²) in [6.07, 6.45) is 0. The van der Waals surface area contributed by atoms with Gasteiger partial charge in [-0.25, -0.2) is 9.97 Å². The van der Waals surface area contributed by atoms with Gasteiger partial charge in [0.2, 0.25) is 0 Å². The molecule has 0 unspecified atom stereocenters. The normalized spacial score (nSPS) is 10.3. The number of aromatic hydroxyl groups is 1. The van der Waals surface area contributed by atoms with Crippen LogP contribution < -0.4 is 0 Å². The molecule has 76 valence electrons. The zero-order valence-corrected chi connectivity index (χ0v) is 9.00. The van der Waals surface area contributed by atoms with E-state index in [0.29, 0.717) is 11.4 Å². The van der Waals surface area contributed by atoms with Gasteiger partial charge in [-0.3, -0.25) is 0 Å². The first-order valence-corrected chi connectivity index (χ1v) is 4.90. The van der Waals surface area contributed by atoms with Gasteiger partial charge in [0, 0.05) is 11.6 Å². The largest absolute Gasteiger partial charge is 0.508 e. The lowest BCUT2D eigenvalue weighted by atomic mass is 10.2. The molecule has 1 heterocycles. The number of phenolic OH excluding ortho intramolecular Hbond substituents is 1. The van der Waals surface area contributed by atoms with Crippen molar-refractivity contribution in [3.63, 3.8) is 0 Å². The van der Waals surface area contributed by atoms with E-state index in [0.717, 1.165) is 0 Å². The zero-order valence-electron chi connectivity index (χ0n) is 7.48. The Hall–Kier alpha value is -1.32. The molecule has 2 aromatic rings. The van der Waals surface area contributed by atoms with Crippen molar-refractivity contribution in [2.24, 2.45) is 0 Å². The Kier molecular flexibility index (Phi) is 2.75. The molecule has 0 aliphatic carbocycles. The van der Waals surface area contributed by atoms with Crippen LogP contribution in [0.2, 0.25) is 10.3 Å². The number of halogens is 2. The van der Waals surface area contributed by atoms with Crippen molar-refractivity contribution in [2.45, 2.75) is 0 Å². The predicted molar refractivity (Wildman–Crippen MR) is 59.2 cm³/mol. The Balaban J connectivity index is 2.54. The van der Waals surface area contributed by atoms with Gasteiger partial charge in [0.1, 0.15) is 16.1 Å². The minimum atomic E-state index is 0.146. The van der Waals surface area contributed by atoms with Gasteiger partial charge in [0.05, 0.1) is 0 Å². The van der Waals surface area contributed by atoms with E-state index in [-0.39, 0.29) is 16.1 Å². The minimum Gasteiger partial charge on any atom is -0.508 e. The number of hydrogen-bond acceptors (Lipinski definition) is 3. The molecule has 0 bridgehead atoms. The van der Waals surface area contributed by atoms with Gasteiger partial charge < -0.3 is 5.11 Å². The Morgan fingerprint density at radius 3 is 2.27 bits per heavy atom. The van der Waals surface area contributed by atoms with Crippen LogP contribution in [-0.2, 0) is 0 Å². The summed E-state index contributed by atoms with van der Waals surface area (Å²) >= 11 is 11.5. The van der Waals surface area contributed by atoms with E-state index < -0.39 is 0 Å². The van der Waals surface area contributed by atoms with Crippen LogP contribution in [0.15, 0.2) is 30.3 Å². The standard InChI is InChI=1S/C10H6Cl2N2O/c11-8-5-9(12)14-10(13-8)6-2-1-3-7(15)4-6/h1-5,15H. The Bertz CT molecular complexity index is 482. The summed E-state index contributed by atoms with van der Waals surface area (Å²) in [5.41, 5.74) is 0.666. The molecule has 5 heteroatoms. The highest BCUT2D eigenvalue weighted by atomic mass is 35.5. The van der Waals surface area contributed by atoms with Gasteiger partial charge in [0.25, 0.3) is 0 Å². The summed E-state index contributed by atoms with van der Waals surface area (Å²) in [5, 5.41) is 9.83. The number of nitrogens with zero attached hydrogens (tertiary/aromatic N) is 2. The van der Waals surface area contributed by atoms with Crippen LogP contribution in [0, 0.1) is 0 Å². The maximum Gasteiger partial charge on any atom is 0.162 e. The van der Waals surface area contributed by atoms with Gasteiger partial charge in [-0.15, -0.1) is 0 Å². The second kappa shape index (κ2) is 4.04. The molecule has 2 rings (SSSR count). The van der Waals surface area contributed by atoms with Crippen LogP contribution in [0.3, 0.4) is 0 Å². The first-order valence-electron chi connectivity index (χ1n) is 4.14. The average molecular weight is 241 g/mol. The predicted octanol–water partition coefficient (Wildman–Crippen LogP) is 3.16. The van der Waals surface area contributed by atoms with Crippen molar-refractivity contribution >= 4 is 23.2 Å². The summed E-state index contributed by atoms with van der Waals surface area (Å²) in [7, 11) is 0. The average Bonchev–Trinajstić information content (AvgIpc) is 2.16. The highest BCUT2D eigenvalue weighted by Crippen LogP contribution is 2.22. The quantitative estimate of drug-likeness (QED) is 0.780. The van der Waals surface area contributed by atoms with Crippen molar-refractivity contribution < 1.29 is 5.11 Å². The van der Waals surface area contributed by atoms with Crippen LogP contribution in [-0.4, -0.2) is 15.1 Å². The molecule has 0 aliphatic rings. The lowest BCUT2D eigenvalue weighted by Gasteiger charge is -2.01. The summed E-state index contributed by atoms with van der Waals surface area (Å²) in [6, 6.07) is 8.03. The minimum absolute atomic E-state index is 0.146. The van der Waals surface area contributed by atoms with Crippen LogP contribution in [0.25, 0.3) is 11.4 Å². The first-order chi connectivity index (χ1) is 7.15. The first kappa shape index (κ1) is 10.2. The fourth-order valence-electron chi connectivity index (χ4n) is 1.16. The fourth-order valence-corrected chi connectivity index (χ4v) is 1.59. The number of aromatic nitrogens is 2. The third-order valence-corrected chi connectivity index (χ3v) is 2.16. The van der Waals surface area contributed by atoms with Gasteiger partial charge >= 0.3 is 0 Å². The molecule has 0 aliphatic heterocycles. The molecule has 0 atom stereocenters. The zero-order chi connectivity index (χ0) is 10.8. The van der Waals surface area contributed by atoms with E-state index in [4.69, 9.17) is 23.2 Å². The second-order valence-corrected chi connectivity index (χ2v) is 3.66. The molecule has 0 fully saturated rings. The molecule has 1 aromatic carbocycles. The van der Waals surface area contributed by atoms with Gasteiger partial charge in [0.15, 0.2) is 5.82 Å². The van der Waals surface area contributed by atoms with Gasteiger partial charge in [-0.1, -0.05) is 35.3 Å². The maximum absolute atomic E-state index is 9.29. The van der Waals surface area contributed by atoms with Crippen molar-refractivity contribution in [1.29, 1.82) is 0 Å². The lowest BCUT2D eigenvalue weighted by molar-refractivity contribution is 0.475. The molecule has 1 N–H and O–H groups in total. The molecule has 0 saturated heterocycles. The van der Waals surface area contributed by atoms with E-state index in [1.54, 1.807) is 24.3 Å². The highest BCUT2D eigenvalue weighted by Gasteiger charge is 2.05. The van der Waals surface area contributed by atoms with Gasteiger partial charge in [-0.05, 0) is 12.1 Å². The summed E-state index contributed by atoms with van der Waals surface area (Å²) < 4.78 is 0. The van der Waals surface area contributed by atoms with Gasteiger partial charge in [-0.2, -0.15) is 0 Å². The van der Waals surface area contributed by atoms with Crippen molar-refractivity contribution in [2.75, 3.05) is 0 Å². The Morgan fingerprint density at radius 2 is 1.67 bits per heavy atom. The van der Waals surface area contributed by atoms with E-state index in [1.807, 2.05) is 0 Å². The molecule has 3 nitrogen and oxygen atoms in total. The lowest BCUT2D eigenvalue weighted by Crippen LogP contribution is -1.89. The van der Waals surface area contributed by atoms with Crippen molar-refractivity contribution in [1.82, 2.24) is 9.97 Å². The van der Waals surface area contributed by atoms with Crippen molar-refractivity contribution in [3.05, 3.63) is 40.6 Å². The van der Waals surface area contributed by atoms with Crippen LogP contribution in [0.5, 0.6) is 5.75 Å². The molecular weight excluding hydrogens is 235 g/mol. The maximum atomic E-state index is 9.29. The highest BCUT2D eigenvalue weighted by molar-refractivity contribution is 6.33. The fraction of sp³-hybridized carbons (Fsp3) is 0. The third kappa shape index (κ3) is 2.37. The molecule has 0 saturated carbocycles. The molecule has 0 amide bonds. The molecule has 15 heavy (non-hydrogen) atoms. The topological polar surface area (TPSA) is 46.0 Å². The second-order valence-electron chi connectivity index (χ2n) is 2.89. The third-order valence-electron chi connectivity index (χ3n) is 1.77. The molecule has 0 spiro atoms. The van der Waals surface area contributed by atoms with Crippen LogP contribution >= 0.6 is 23.2 Å². The van der Waals surface area contributed by atoms with Crippen LogP contribution in [0.4, 0.5) is 0 Å². The van der Waals surface area contributed by atoms with E-state index in [2.05, 4.69) is 9.97 Å². The summed E-state index contributed by atoms with van der Waals surface area (Å²) in [5.74, 6) is 0.538. The van der Waals surface area contributed by atoms with Crippen molar-refractivity contribution in [3.8, 4) is 17.1 Å². The summed E-state index contributed by atoms with van der Waals surface area (Å²) in [4.78, 5) is 8.01. The SMILES string of the molecule is Oc1cccc(-c2nc(Cl)cc(Cl)n2)c1. The monoisotopic (exact) mass is 240 g/mol.